The van der Waals surface area contributed by atoms with Crippen molar-refractivity contribution in [3.8, 4) is 0 Å². The molecule has 0 saturated carbocycles. The molecule has 0 bridgehead atoms. The summed E-state index contributed by atoms with van der Waals surface area (Å²) >= 11 is 1.66. The van der Waals surface area contributed by atoms with Gasteiger partial charge in [0.15, 0.2) is 0 Å². The molecule has 1 aromatic carbocycles. The number of anilines is 1. The molecule has 1 aliphatic rings. The summed E-state index contributed by atoms with van der Waals surface area (Å²) in [5.74, 6) is -0.307. The van der Waals surface area contributed by atoms with Gasteiger partial charge in [-0.05, 0) is 36.9 Å². The summed E-state index contributed by atoms with van der Waals surface area (Å²) in [4.78, 5) is 31.4. The highest BCUT2D eigenvalue weighted by atomic mass is 32.2. The van der Waals surface area contributed by atoms with E-state index in [1.54, 1.807) is 29.2 Å². The summed E-state index contributed by atoms with van der Waals surface area (Å²) in [6.45, 7) is 1.87. The van der Waals surface area contributed by atoms with E-state index in [0.29, 0.717) is 13.1 Å². The van der Waals surface area contributed by atoms with Gasteiger partial charge in [-0.2, -0.15) is 0 Å². The van der Waals surface area contributed by atoms with E-state index in [1.807, 2.05) is 41.3 Å². The Hall–Kier alpha value is -2.28. The number of thioether (sulfide) groups is 1. The topological polar surface area (TPSA) is 67.2 Å². The molecular formula is C18H22N4O2S. The van der Waals surface area contributed by atoms with Gasteiger partial charge in [-0.25, -0.2) is 4.98 Å². The number of aromatic nitrogens is 2. The summed E-state index contributed by atoms with van der Waals surface area (Å²) in [5.41, 5.74) is 0.859. The van der Waals surface area contributed by atoms with Gasteiger partial charge < -0.3 is 14.8 Å². The Morgan fingerprint density at radius 2 is 2.16 bits per heavy atom. The highest BCUT2D eigenvalue weighted by Crippen LogP contribution is 2.27. The van der Waals surface area contributed by atoms with Gasteiger partial charge in [0, 0.05) is 49.0 Å². The van der Waals surface area contributed by atoms with Crippen molar-refractivity contribution >= 4 is 29.3 Å². The molecule has 1 aliphatic heterocycles. The molecule has 2 heterocycles. The predicted molar refractivity (Wildman–Crippen MR) is 98.5 cm³/mol. The lowest BCUT2D eigenvalue weighted by atomic mass is 10.1. The van der Waals surface area contributed by atoms with E-state index in [2.05, 4.69) is 10.3 Å². The molecule has 1 saturated heterocycles. The molecule has 3 rings (SSSR count). The Kier molecular flexibility index (Phi) is 5.75. The van der Waals surface area contributed by atoms with Crippen molar-refractivity contribution in [1.82, 2.24) is 14.9 Å². The van der Waals surface area contributed by atoms with E-state index in [9.17, 15) is 9.59 Å². The first kappa shape index (κ1) is 17.5. The second-order valence-electron chi connectivity index (χ2n) is 6.05. The second kappa shape index (κ2) is 8.20. The standard InChI is InChI=1S/C18H22N4O2S/c1-25-16-5-3-15(4-6-16)22-12-14(11-17(22)23)18(24)20-7-2-9-21-10-8-19-13-21/h3-6,8,10,13-14H,2,7,9,11-12H2,1H3,(H,20,24). The molecule has 1 atom stereocenters. The molecule has 2 aromatic rings. The van der Waals surface area contributed by atoms with Gasteiger partial charge in [-0.1, -0.05) is 0 Å². The maximum atomic E-state index is 12.3. The highest BCUT2D eigenvalue weighted by molar-refractivity contribution is 7.98. The van der Waals surface area contributed by atoms with E-state index >= 15 is 0 Å². The Bertz CT molecular complexity index is 715. The normalized spacial score (nSPS) is 17.1. The lowest BCUT2D eigenvalue weighted by Crippen LogP contribution is -2.33. The largest absolute Gasteiger partial charge is 0.356 e. The van der Waals surface area contributed by atoms with E-state index in [-0.39, 0.29) is 24.2 Å². The zero-order valence-electron chi connectivity index (χ0n) is 14.2. The van der Waals surface area contributed by atoms with Gasteiger partial charge in [0.1, 0.15) is 0 Å². The fraction of sp³-hybridized carbons (Fsp3) is 0.389. The van der Waals surface area contributed by atoms with Crippen LogP contribution in [0.4, 0.5) is 5.69 Å². The van der Waals surface area contributed by atoms with Gasteiger partial charge in [0.25, 0.3) is 0 Å². The number of rotatable bonds is 7. The third kappa shape index (κ3) is 4.42. The minimum atomic E-state index is -0.277. The monoisotopic (exact) mass is 358 g/mol. The van der Waals surface area contributed by atoms with Crippen molar-refractivity contribution in [2.24, 2.45) is 5.92 Å². The number of benzene rings is 1. The number of amides is 2. The Labute approximate surface area is 151 Å². The lowest BCUT2D eigenvalue weighted by molar-refractivity contribution is -0.126. The summed E-state index contributed by atoms with van der Waals surface area (Å²) in [6, 6.07) is 7.87. The van der Waals surface area contributed by atoms with Crippen LogP contribution in [0, 0.1) is 5.92 Å². The summed E-state index contributed by atoms with van der Waals surface area (Å²) < 4.78 is 1.98. The number of carbonyl (C=O) groups excluding carboxylic acids is 2. The molecule has 2 amide bonds. The first-order chi connectivity index (χ1) is 12.2. The van der Waals surface area contributed by atoms with Crippen molar-refractivity contribution in [3.05, 3.63) is 43.0 Å². The lowest BCUT2D eigenvalue weighted by Gasteiger charge is -2.17. The molecule has 132 valence electrons. The fourth-order valence-corrected chi connectivity index (χ4v) is 3.34. The molecular weight excluding hydrogens is 336 g/mol. The van der Waals surface area contributed by atoms with E-state index in [1.165, 1.54) is 0 Å². The molecule has 1 aromatic heterocycles. The van der Waals surface area contributed by atoms with Crippen LogP contribution >= 0.6 is 11.8 Å². The van der Waals surface area contributed by atoms with Crippen LogP contribution in [0.5, 0.6) is 0 Å². The second-order valence-corrected chi connectivity index (χ2v) is 6.93. The minimum Gasteiger partial charge on any atom is -0.356 e. The third-order valence-electron chi connectivity index (χ3n) is 4.33. The van der Waals surface area contributed by atoms with Gasteiger partial charge in [0.05, 0.1) is 12.2 Å². The van der Waals surface area contributed by atoms with Crippen LogP contribution in [0.1, 0.15) is 12.8 Å². The quantitative estimate of drug-likeness (QED) is 0.608. The molecule has 7 heteroatoms. The van der Waals surface area contributed by atoms with Crippen molar-refractivity contribution in [3.63, 3.8) is 0 Å². The van der Waals surface area contributed by atoms with Crippen LogP contribution in [0.25, 0.3) is 0 Å². The van der Waals surface area contributed by atoms with Crippen LogP contribution in [0.2, 0.25) is 0 Å². The van der Waals surface area contributed by atoms with E-state index < -0.39 is 0 Å². The first-order valence-corrected chi connectivity index (χ1v) is 9.57. The summed E-state index contributed by atoms with van der Waals surface area (Å²) in [7, 11) is 0. The molecule has 0 radical (unpaired) electrons. The van der Waals surface area contributed by atoms with Crippen LogP contribution in [-0.2, 0) is 16.1 Å². The van der Waals surface area contributed by atoms with E-state index in [4.69, 9.17) is 0 Å². The first-order valence-electron chi connectivity index (χ1n) is 8.35. The number of hydrogen-bond acceptors (Lipinski definition) is 4. The molecule has 6 nitrogen and oxygen atoms in total. The summed E-state index contributed by atoms with van der Waals surface area (Å²) in [6.07, 6.45) is 8.53. The predicted octanol–water partition coefficient (Wildman–Crippen LogP) is 2.16. The Morgan fingerprint density at radius 1 is 1.36 bits per heavy atom. The average molecular weight is 358 g/mol. The molecule has 1 unspecified atom stereocenters. The molecule has 25 heavy (non-hydrogen) atoms. The number of hydrogen-bond donors (Lipinski definition) is 1. The Morgan fingerprint density at radius 3 is 2.84 bits per heavy atom. The number of carbonyl (C=O) groups is 2. The van der Waals surface area contributed by atoms with Crippen LogP contribution in [0.15, 0.2) is 47.9 Å². The smallest absolute Gasteiger partial charge is 0.227 e. The van der Waals surface area contributed by atoms with Gasteiger partial charge in [-0.15, -0.1) is 11.8 Å². The average Bonchev–Trinajstić information content (AvgIpc) is 3.28. The number of aryl methyl sites for hydroxylation is 1. The van der Waals surface area contributed by atoms with E-state index in [0.717, 1.165) is 23.5 Å². The minimum absolute atomic E-state index is 0.00969. The molecule has 1 fully saturated rings. The molecule has 0 spiro atoms. The van der Waals surface area contributed by atoms with Crippen LogP contribution in [0.3, 0.4) is 0 Å². The summed E-state index contributed by atoms with van der Waals surface area (Å²) in [5, 5.41) is 2.94. The molecule has 0 aliphatic carbocycles. The van der Waals surface area contributed by atoms with Crippen LogP contribution < -0.4 is 10.2 Å². The number of nitrogens with zero attached hydrogens (tertiary/aromatic N) is 3. The highest BCUT2D eigenvalue weighted by Gasteiger charge is 2.34. The SMILES string of the molecule is CSc1ccc(N2CC(C(=O)NCCCn3ccnc3)CC2=O)cc1. The zero-order valence-corrected chi connectivity index (χ0v) is 15.0. The van der Waals surface area contributed by atoms with Gasteiger partial charge >= 0.3 is 0 Å². The van der Waals surface area contributed by atoms with Gasteiger partial charge in [0.2, 0.25) is 11.8 Å². The van der Waals surface area contributed by atoms with Crippen molar-refractivity contribution in [2.75, 3.05) is 24.2 Å². The maximum Gasteiger partial charge on any atom is 0.227 e. The van der Waals surface area contributed by atoms with Crippen molar-refractivity contribution < 1.29 is 9.59 Å². The fourth-order valence-electron chi connectivity index (χ4n) is 2.93. The Balaban J connectivity index is 1.48. The maximum absolute atomic E-state index is 12.3. The number of nitrogens with one attached hydrogen (secondary N) is 1. The van der Waals surface area contributed by atoms with Crippen molar-refractivity contribution in [1.29, 1.82) is 0 Å². The third-order valence-corrected chi connectivity index (χ3v) is 5.08. The molecule has 1 N–H and O–H groups in total. The van der Waals surface area contributed by atoms with Crippen LogP contribution in [-0.4, -0.2) is 40.7 Å². The number of imidazole rings is 1. The van der Waals surface area contributed by atoms with Crippen molar-refractivity contribution in [2.45, 2.75) is 24.3 Å². The van der Waals surface area contributed by atoms with Gasteiger partial charge in [-0.3, -0.25) is 9.59 Å². The zero-order chi connectivity index (χ0) is 17.6.